The quantitative estimate of drug-likeness (QED) is 0.381. The Bertz CT molecular complexity index is 222. The van der Waals surface area contributed by atoms with E-state index in [9.17, 15) is 0 Å². The minimum Gasteiger partial charge on any atom is -0.371 e. The summed E-state index contributed by atoms with van der Waals surface area (Å²) in [6.45, 7) is 8.75. The Kier molecular flexibility index (Phi) is 8.41. The molecule has 0 aromatic rings. The van der Waals surface area contributed by atoms with Crippen LogP contribution >= 0.6 is 0 Å². The molecule has 1 saturated heterocycles. The molecule has 1 rings (SSSR count). The first-order valence-corrected chi connectivity index (χ1v) is 8.11. The zero-order valence-electron chi connectivity index (χ0n) is 12.5. The molecule has 0 saturated carbocycles. The van der Waals surface area contributed by atoms with Crippen LogP contribution in [-0.4, -0.2) is 12.2 Å². The van der Waals surface area contributed by atoms with Crippen molar-refractivity contribution in [3.05, 3.63) is 12.2 Å². The third-order valence-corrected chi connectivity index (χ3v) is 4.04. The van der Waals surface area contributed by atoms with Gasteiger partial charge in [0.2, 0.25) is 0 Å². The van der Waals surface area contributed by atoms with Crippen LogP contribution in [0.1, 0.15) is 84.5 Å². The molecular weight excluding hydrogens is 220 g/mol. The fourth-order valence-electron chi connectivity index (χ4n) is 2.78. The van der Waals surface area contributed by atoms with Gasteiger partial charge >= 0.3 is 0 Å². The third-order valence-electron chi connectivity index (χ3n) is 4.04. The fourth-order valence-corrected chi connectivity index (χ4v) is 2.78. The third kappa shape index (κ3) is 6.04. The van der Waals surface area contributed by atoms with Crippen LogP contribution in [0.2, 0.25) is 0 Å². The summed E-state index contributed by atoms with van der Waals surface area (Å²) in [7, 11) is 0. The van der Waals surface area contributed by atoms with Crippen molar-refractivity contribution < 1.29 is 4.74 Å². The second kappa shape index (κ2) is 9.61. The molecule has 1 aliphatic heterocycles. The van der Waals surface area contributed by atoms with Gasteiger partial charge in [-0.1, -0.05) is 52.5 Å². The predicted molar refractivity (Wildman–Crippen MR) is 79.9 cm³/mol. The van der Waals surface area contributed by atoms with E-state index < -0.39 is 0 Å². The molecule has 1 heteroatoms. The first kappa shape index (κ1) is 15.8. The lowest BCUT2D eigenvalue weighted by Gasteiger charge is -2.31. The maximum atomic E-state index is 6.23. The molecule has 0 unspecified atom stereocenters. The van der Waals surface area contributed by atoms with Crippen molar-refractivity contribution in [3.63, 3.8) is 0 Å². The number of hydrogen-bond acceptors (Lipinski definition) is 1. The number of rotatable bonds is 9. The average molecular weight is 252 g/mol. The van der Waals surface area contributed by atoms with Crippen LogP contribution in [0, 0.1) is 0 Å². The van der Waals surface area contributed by atoms with E-state index in [0.29, 0.717) is 12.2 Å². The molecule has 0 amide bonds. The van der Waals surface area contributed by atoms with Gasteiger partial charge in [0.05, 0.1) is 12.2 Å². The van der Waals surface area contributed by atoms with Crippen molar-refractivity contribution in [3.8, 4) is 0 Å². The molecule has 18 heavy (non-hydrogen) atoms. The van der Waals surface area contributed by atoms with Gasteiger partial charge in [-0.15, -0.1) is 0 Å². The lowest BCUT2D eigenvalue weighted by Crippen LogP contribution is -2.28. The molecule has 1 aliphatic rings. The van der Waals surface area contributed by atoms with Gasteiger partial charge in [-0.2, -0.15) is 0 Å². The summed E-state index contributed by atoms with van der Waals surface area (Å²) in [5, 5.41) is 0. The Morgan fingerprint density at radius 1 is 1.06 bits per heavy atom. The smallest absolute Gasteiger partial charge is 0.0786 e. The van der Waals surface area contributed by atoms with Gasteiger partial charge in [0.15, 0.2) is 0 Å². The van der Waals surface area contributed by atoms with Crippen LogP contribution < -0.4 is 0 Å². The van der Waals surface area contributed by atoms with Crippen LogP contribution in [0.4, 0.5) is 0 Å². The van der Waals surface area contributed by atoms with E-state index in [-0.39, 0.29) is 0 Å². The van der Waals surface area contributed by atoms with Gasteiger partial charge in [0.25, 0.3) is 0 Å². The Morgan fingerprint density at radius 3 is 2.56 bits per heavy atom. The maximum Gasteiger partial charge on any atom is 0.0786 e. The van der Waals surface area contributed by atoms with Crippen molar-refractivity contribution in [2.75, 3.05) is 0 Å². The lowest BCUT2D eigenvalue weighted by atomic mass is 9.94. The van der Waals surface area contributed by atoms with Crippen LogP contribution in [0.25, 0.3) is 0 Å². The second-order valence-electron chi connectivity index (χ2n) is 5.79. The number of unbranched alkanes of at least 4 members (excludes halogenated alkanes) is 4. The zero-order chi connectivity index (χ0) is 13.2. The van der Waals surface area contributed by atoms with Gasteiger partial charge < -0.3 is 4.74 Å². The van der Waals surface area contributed by atoms with Crippen molar-refractivity contribution >= 4 is 0 Å². The molecule has 0 aromatic heterocycles. The van der Waals surface area contributed by atoms with Crippen molar-refractivity contribution in [2.24, 2.45) is 0 Å². The summed E-state index contributed by atoms with van der Waals surface area (Å²) in [5.74, 6) is 0. The number of ether oxygens (including phenoxy) is 1. The topological polar surface area (TPSA) is 9.23 Å². The van der Waals surface area contributed by atoms with Crippen molar-refractivity contribution in [1.82, 2.24) is 0 Å². The summed E-state index contributed by atoms with van der Waals surface area (Å²) in [4.78, 5) is 0. The van der Waals surface area contributed by atoms with Gasteiger partial charge in [-0.25, -0.2) is 0 Å². The Balaban J connectivity index is 2.21. The fraction of sp³-hybridized carbons (Fsp3) is 0.882. The summed E-state index contributed by atoms with van der Waals surface area (Å²) in [6, 6.07) is 0. The van der Waals surface area contributed by atoms with E-state index in [1.165, 1.54) is 69.8 Å². The highest BCUT2D eigenvalue weighted by Crippen LogP contribution is 2.28. The van der Waals surface area contributed by atoms with Gasteiger partial charge in [0.1, 0.15) is 0 Å². The second-order valence-corrected chi connectivity index (χ2v) is 5.79. The first-order valence-electron chi connectivity index (χ1n) is 8.11. The molecular formula is C17H32O. The van der Waals surface area contributed by atoms with Crippen LogP contribution in [0.15, 0.2) is 12.2 Å². The summed E-state index contributed by atoms with van der Waals surface area (Å²) >= 11 is 0. The van der Waals surface area contributed by atoms with Gasteiger partial charge in [-0.3, -0.25) is 0 Å². The zero-order valence-corrected chi connectivity index (χ0v) is 12.5. The highest BCUT2D eigenvalue weighted by atomic mass is 16.5. The minimum absolute atomic E-state index is 0.362. The van der Waals surface area contributed by atoms with Crippen molar-refractivity contribution in [1.29, 1.82) is 0 Å². The maximum absolute atomic E-state index is 6.23. The molecule has 106 valence electrons. The largest absolute Gasteiger partial charge is 0.371 e. The van der Waals surface area contributed by atoms with Crippen LogP contribution in [-0.2, 0) is 4.74 Å². The Morgan fingerprint density at radius 2 is 1.83 bits per heavy atom. The average Bonchev–Trinajstić information content (AvgIpc) is 2.41. The van der Waals surface area contributed by atoms with E-state index in [1.54, 1.807) is 0 Å². The Hall–Kier alpha value is -0.300. The van der Waals surface area contributed by atoms with Gasteiger partial charge in [0, 0.05) is 0 Å². The molecule has 1 nitrogen and oxygen atoms in total. The normalized spacial score (nSPS) is 24.1. The molecule has 0 radical (unpaired) electrons. The molecule has 0 aromatic carbocycles. The predicted octanol–water partition coefficient (Wildman–Crippen LogP) is 5.64. The molecule has 0 N–H and O–H groups in total. The summed E-state index contributed by atoms with van der Waals surface area (Å²) in [6.07, 6.45) is 15.0. The van der Waals surface area contributed by atoms with E-state index >= 15 is 0 Å². The minimum atomic E-state index is 0.362. The molecule has 0 aliphatic carbocycles. The van der Waals surface area contributed by atoms with E-state index in [0.717, 1.165) is 6.42 Å². The molecule has 2 atom stereocenters. The highest BCUT2D eigenvalue weighted by Gasteiger charge is 2.23. The van der Waals surface area contributed by atoms with Gasteiger partial charge in [-0.05, 0) is 44.1 Å². The van der Waals surface area contributed by atoms with Crippen molar-refractivity contribution in [2.45, 2.75) is 96.7 Å². The Labute approximate surface area is 114 Å². The summed E-state index contributed by atoms with van der Waals surface area (Å²) in [5.41, 5.74) is 1.34. The van der Waals surface area contributed by atoms with Crippen LogP contribution in [0.3, 0.4) is 0 Å². The van der Waals surface area contributed by atoms with E-state index in [2.05, 4.69) is 20.4 Å². The SMILES string of the molecule is C=C(CCCC)[C@@H]1CCC[C@H](CCCCCC)O1. The monoisotopic (exact) mass is 252 g/mol. The first-order chi connectivity index (χ1) is 8.77. The number of hydrogen-bond donors (Lipinski definition) is 0. The van der Waals surface area contributed by atoms with E-state index in [4.69, 9.17) is 4.74 Å². The van der Waals surface area contributed by atoms with E-state index in [1.807, 2.05) is 0 Å². The standard InChI is InChI=1S/C17H32O/c1-4-6-8-9-12-16-13-10-14-17(18-16)15(3)11-7-5-2/h16-17H,3-14H2,1-2H3/t16-,17-/m0/s1. The lowest BCUT2D eigenvalue weighted by molar-refractivity contribution is -0.0366. The molecule has 1 fully saturated rings. The summed E-state index contributed by atoms with van der Waals surface area (Å²) < 4.78 is 6.23. The molecule has 0 spiro atoms. The van der Waals surface area contributed by atoms with Crippen LogP contribution in [0.5, 0.6) is 0 Å². The molecule has 1 heterocycles. The molecule has 0 bridgehead atoms. The highest BCUT2D eigenvalue weighted by molar-refractivity contribution is 5.03.